The van der Waals surface area contributed by atoms with Crippen LogP contribution in [-0.2, 0) is 6.54 Å². The number of aldehydes is 1. The van der Waals surface area contributed by atoms with Crippen molar-refractivity contribution in [2.45, 2.75) is 20.4 Å². The summed E-state index contributed by atoms with van der Waals surface area (Å²) < 4.78 is 1.75. The van der Waals surface area contributed by atoms with Crippen LogP contribution in [0.1, 0.15) is 23.0 Å². The summed E-state index contributed by atoms with van der Waals surface area (Å²) in [5, 5.41) is 4.15. The molecule has 0 aromatic carbocycles. The molecule has 0 radical (unpaired) electrons. The third-order valence-electron chi connectivity index (χ3n) is 1.64. The lowest BCUT2D eigenvalue weighted by molar-refractivity contribution is 0.112. The highest BCUT2D eigenvalue weighted by Crippen LogP contribution is 2.01. The standard InChI is InChI=1S/C9H12N2O/c1-3-4-5-11-6-9(7-12)8(2)10-11/h3-4,6-7H,5H2,1-2H3. The van der Waals surface area contributed by atoms with E-state index in [-0.39, 0.29) is 0 Å². The molecule has 12 heavy (non-hydrogen) atoms. The zero-order valence-electron chi connectivity index (χ0n) is 7.32. The fraction of sp³-hybridized carbons (Fsp3) is 0.333. The number of hydrogen-bond acceptors (Lipinski definition) is 2. The van der Waals surface area contributed by atoms with Crippen LogP contribution in [0, 0.1) is 6.92 Å². The molecule has 0 fully saturated rings. The van der Waals surface area contributed by atoms with E-state index in [9.17, 15) is 4.79 Å². The molecule has 0 saturated carbocycles. The van der Waals surface area contributed by atoms with Crippen molar-refractivity contribution in [3.63, 3.8) is 0 Å². The Morgan fingerprint density at radius 3 is 2.92 bits per heavy atom. The number of carbonyl (C=O) groups excluding carboxylic acids is 1. The molecule has 3 nitrogen and oxygen atoms in total. The van der Waals surface area contributed by atoms with Gasteiger partial charge in [0.1, 0.15) is 0 Å². The highest BCUT2D eigenvalue weighted by atomic mass is 16.1. The lowest BCUT2D eigenvalue weighted by Gasteiger charge is -1.91. The summed E-state index contributed by atoms with van der Waals surface area (Å²) in [6.07, 6.45) is 6.52. The van der Waals surface area contributed by atoms with Crippen molar-refractivity contribution in [1.29, 1.82) is 0 Å². The molecule has 0 saturated heterocycles. The molecule has 0 atom stereocenters. The number of aromatic nitrogens is 2. The van der Waals surface area contributed by atoms with Gasteiger partial charge in [-0.2, -0.15) is 5.10 Å². The first-order valence-corrected chi connectivity index (χ1v) is 3.88. The van der Waals surface area contributed by atoms with E-state index in [4.69, 9.17) is 0 Å². The summed E-state index contributed by atoms with van der Waals surface area (Å²) >= 11 is 0. The number of allylic oxidation sites excluding steroid dienone is 2. The van der Waals surface area contributed by atoms with E-state index in [1.165, 1.54) is 0 Å². The molecule has 64 valence electrons. The van der Waals surface area contributed by atoms with Gasteiger partial charge in [0, 0.05) is 6.20 Å². The fourth-order valence-electron chi connectivity index (χ4n) is 0.956. The van der Waals surface area contributed by atoms with Crippen LogP contribution < -0.4 is 0 Å². The highest BCUT2D eigenvalue weighted by molar-refractivity contribution is 5.75. The van der Waals surface area contributed by atoms with Crippen LogP contribution in [-0.4, -0.2) is 16.1 Å². The van der Waals surface area contributed by atoms with Gasteiger partial charge in [-0.15, -0.1) is 0 Å². The molecule has 0 aliphatic carbocycles. The van der Waals surface area contributed by atoms with E-state index in [1.807, 2.05) is 26.0 Å². The maximum Gasteiger partial charge on any atom is 0.153 e. The van der Waals surface area contributed by atoms with Gasteiger partial charge in [0.25, 0.3) is 0 Å². The largest absolute Gasteiger partial charge is 0.298 e. The minimum atomic E-state index is 0.666. The van der Waals surface area contributed by atoms with Crippen molar-refractivity contribution in [2.24, 2.45) is 0 Å². The predicted octanol–water partition coefficient (Wildman–Crippen LogP) is 1.58. The molecule has 3 heteroatoms. The van der Waals surface area contributed by atoms with Gasteiger partial charge in [0.05, 0.1) is 17.8 Å². The summed E-state index contributed by atoms with van der Waals surface area (Å²) in [4.78, 5) is 10.4. The lowest BCUT2D eigenvalue weighted by Crippen LogP contribution is -1.94. The molecule has 0 aliphatic rings. The fourth-order valence-corrected chi connectivity index (χ4v) is 0.956. The Balaban J connectivity index is 2.81. The van der Waals surface area contributed by atoms with E-state index >= 15 is 0 Å². The zero-order valence-corrected chi connectivity index (χ0v) is 7.32. The minimum Gasteiger partial charge on any atom is -0.298 e. The van der Waals surface area contributed by atoms with Crippen LogP contribution >= 0.6 is 0 Å². The molecule has 0 unspecified atom stereocenters. The van der Waals surface area contributed by atoms with E-state index in [0.717, 1.165) is 18.5 Å². The maximum absolute atomic E-state index is 10.4. The van der Waals surface area contributed by atoms with Crippen molar-refractivity contribution in [2.75, 3.05) is 0 Å². The third kappa shape index (κ3) is 1.81. The normalized spacial score (nSPS) is 10.8. The molecular formula is C9H12N2O. The summed E-state index contributed by atoms with van der Waals surface area (Å²) in [6.45, 7) is 4.51. The molecule has 1 heterocycles. The Morgan fingerprint density at radius 1 is 1.67 bits per heavy atom. The SMILES string of the molecule is CC=CCn1cc(C=O)c(C)n1. The number of nitrogens with zero attached hydrogens (tertiary/aromatic N) is 2. The van der Waals surface area contributed by atoms with Crippen LogP contribution in [0.4, 0.5) is 0 Å². The lowest BCUT2D eigenvalue weighted by atomic mass is 10.3. The maximum atomic E-state index is 10.4. The van der Waals surface area contributed by atoms with Gasteiger partial charge in [0.15, 0.2) is 6.29 Å². The zero-order chi connectivity index (χ0) is 8.97. The van der Waals surface area contributed by atoms with E-state index in [2.05, 4.69) is 5.10 Å². The molecule has 1 rings (SSSR count). The first-order chi connectivity index (χ1) is 5.77. The summed E-state index contributed by atoms with van der Waals surface area (Å²) in [5.41, 5.74) is 1.45. The van der Waals surface area contributed by atoms with Gasteiger partial charge in [-0.05, 0) is 13.8 Å². The van der Waals surface area contributed by atoms with Crippen molar-refractivity contribution in [1.82, 2.24) is 9.78 Å². The van der Waals surface area contributed by atoms with Crippen LogP contribution in [0.2, 0.25) is 0 Å². The van der Waals surface area contributed by atoms with Crippen LogP contribution in [0.15, 0.2) is 18.3 Å². The summed E-state index contributed by atoms with van der Waals surface area (Å²) in [5.74, 6) is 0. The number of carbonyl (C=O) groups is 1. The van der Waals surface area contributed by atoms with E-state index in [0.29, 0.717) is 5.56 Å². The molecule has 1 aromatic heterocycles. The van der Waals surface area contributed by atoms with Crippen LogP contribution in [0.25, 0.3) is 0 Å². The molecule has 0 N–H and O–H groups in total. The van der Waals surface area contributed by atoms with Crippen LogP contribution in [0.5, 0.6) is 0 Å². The highest BCUT2D eigenvalue weighted by Gasteiger charge is 2.00. The number of aryl methyl sites for hydroxylation is 1. The Hall–Kier alpha value is -1.38. The average Bonchev–Trinajstić information content (AvgIpc) is 2.43. The first kappa shape index (κ1) is 8.71. The summed E-state index contributed by atoms with van der Waals surface area (Å²) in [7, 11) is 0. The Labute approximate surface area is 71.7 Å². The van der Waals surface area contributed by atoms with Crippen molar-refractivity contribution in [3.05, 3.63) is 29.6 Å². The number of rotatable bonds is 3. The average molecular weight is 164 g/mol. The molecule has 0 bridgehead atoms. The minimum absolute atomic E-state index is 0.666. The second-order valence-corrected chi connectivity index (χ2v) is 2.58. The summed E-state index contributed by atoms with van der Waals surface area (Å²) in [6, 6.07) is 0. The third-order valence-corrected chi connectivity index (χ3v) is 1.64. The Morgan fingerprint density at radius 2 is 2.42 bits per heavy atom. The van der Waals surface area contributed by atoms with E-state index in [1.54, 1.807) is 10.9 Å². The van der Waals surface area contributed by atoms with Crippen LogP contribution in [0.3, 0.4) is 0 Å². The Kier molecular flexibility index (Phi) is 2.80. The quantitative estimate of drug-likeness (QED) is 0.502. The van der Waals surface area contributed by atoms with Gasteiger partial charge < -0.3 is 0 Å². The van der Waals surface area contributed by atoms with Crippen molar-refractivity contribution < 1.29 is 4.79 Å². The van der Waals surface area contributed by atoms with Gasteiger partial charge in [-0.25, -0.2) is 0 Å². The van der Waals surface area contributed by atoms with E-state index < -0.39 is 0 Å². The first-order valence-electron chi connectivity index (χ1n) is 3.88. The van der Waals surface area contributed by atoms with Crippen molar-refractivity contribution in [3.8, 4) is 0 Å². The van der Waals surface area contributed by atoms with Crippen molar-refractivity contribution >= 4 is 6.29 Å². The molecule has 0 spiro atoms. The Bertz CT molecular complexity index is 299. The molecule has 1 aromatic rings. The van der Waals surface area contributed by atoms with Gasteiger partial charge >= 0.3 is 0 Å². The number of hydrogen-bond donors (Lipinski definition) is 0. The van der Waals surface area contributed by atoms with Gasteiger partial charge in [-0.3, -0.25) is 9.48 Å². The van der Waals surface area contributed by atoms with Gasteiger partial charge in [-0.1, -0.05) is 12.2 Å². The van der Waals surface area contributed by atoms with Gasteiger partial charge in [0.2, 0.25) is 0 Å². The molecular weight excluding hydrogens is 152 g/mol. The second kappa shape index (κ2) is 3.85. The molecule has 0 aliphatic heterocycles. The molecule has 0 amide bonds. The predicted molar refractivity (Wildman–Crippen MR) is 47.2 cm³/mol. The monoisotopic (exact) mass is 164 g/mol. The second-order valence-electron chi connectivity index (χ2n) is 2.58. The smallest absolute Gasteiger partial charge is 0.153 e. The topological polar surface area (TPSA) is 34.9 Å².